The zero-order valence-corrected chi connectivity index (χ0v) is 12.8. The smallest absolute Gasteiger partial charge is 0.120 e. The molecule has 1 N–H and O–H groups in total. The summed E-state index contributed by atoms with van der Waals surface area (Å²) in [4.78, 5) is 4.62. The molecule has 0 bridgehead atoms. The minimum absolute atomic E-state index is 0.0729. The van der Waals surface area contributed by atoms with Gasteiger partial charge in [-0.25, -0.2) is 4.98 Å². The average Bonchev–Trinajstić information content (AvgIpc) is 3.10. The Kier molecular flexibility index (Phi) is 3.67. The number of fused-ring (bicyclic) bond motifs is 1. The van der Waals surface area contributed by atoms with Crippen LogP contribution in [0.5, 0.6) is 0 Å². The van der Waals surface area contributed by atoms with Gasteiger partial charge in [0.05, 0.1) is 35.1 Å². The van der Waals surface area contributed by atoms with Crippen molar-refractivity contribution in [3.63, 3.8) is 0 Å². The summed E-state index contributed by atoms with van der Waals surface area (Å²) in [5, 5.41) is 4.45. The van der Waals surface area contributed by atoms with E-state index in [1.54, 1.807) is 11.3 Å². The third kappa shape index (κ3) is 2.83. The molecule has 2 fully saturated rings. The molecule has 0 saturated carbocycles. The average molecular weight is 304 g/mol. The molecule has 1 aromatic carbocycles. The third-order valence-electron chi connectivity index (χ3n) is 4.47. The van der Waals surface area contributed by atoms with Gasteiger partial charge in [-0.1, -0.05) is 12.1 Å². The predicted octanol–water partition coefficient (Wildman–Crippen LogP) is 2.72. The summed E-state index contributed by atoms with van der Waals surface area (Å²) in [5.41, 5.74) is 1.14. The normalized spacial score (nSPS) is 24.9. The van der Waals surface area contributed by atoms with Crippen LogP contribution in [0.25, 0.3) is 10.2 Å². The lowest BCUT2D eigenvalue weighted by atomic mass is 9.89. The number of hydrogen-bond acceptors (Lipinski definition) is 5. The molecule has 112 valence electrons. The zero-order chi connectivity index (χ0) is 14.1. The van der Waals surface area contributed by atoms with E-state index in [0.717, 1.165) is 49.5 Å². The molecule has 4 rings (SSSR count). The van der Waals surface area contributed by atoms with Crippen LogP contribution in [-0.2, 0) is 16.1 Å². The fourth-order valence-corrected chi connectivity index (χ4v) is 4.20. The van der Waals surface area contributed by atoms with E-state index in [1.807, 2.05) is 6.07 Å². The topological polar surface area (TPSA) is 43.4 Å². The van der Waals surface area contributed by atoms with Crippen LogP contribution >= 0.6 is 11.3 Å². The number of hydrogen-bond donors (Lipinski definition) is 1. The lowest BCUT2D eigenvalue weighted by Crippen LogP contribution is -2.41. The number of benzene rings is 1. The summed E-state index contributed by atoms with van der Waals surface area (Å²) in [6.07, 6.45) is 3.46. The van der Waals surface area contributed by atoms with Crippen LogP contribution in [0.2, 0.25) is 0 Å². The molecule has 2 saturated heterocycles. The number of piperidine rings is 1. The maximum Gasteiger partial charge on any atom is 0.120 e. The van der Waals surface area contributed by atoms with E-state index in [9.17, 15) is 0 Å². The van der Waals surface area contributed by atoms with Crippen molar-refractivity contribution in [2.24, 2.45) is 0 Å². The second-order valence-corrected chi connectivity index (χ2v) is 7.07. The van der Waals surface area contributed by atoms with Gasteiger partial charge in [-0.2, -0.15) is 0 Å². The number of para-hydroxylation sites is 1. The second kappa shape index (κ2) is 5.65. The highest BCUT2D eigenvalue weighted by Crippen LogP contribution is 2.35. The molecular weight excluding hydrogens is 284 g/mol. The number of nitrogens with zero attached hydrogens (tertiary/aromatic N) is 1. The summed E-state index contributed by atoms with van der Waals surface area (Å²) in [6.45, 7) is 3.45. The molecular formula is C16H20N2O2S. The lowest BCUT2D eigenvalue weighted by molar-refractivity contribution is -0.0240. The highest BCUT2D eigenvalue weighted by molar-refractivity contribution is 7.18. The van der Waals surface area contributed by atoms with Crippen molar-refractivity contribution < 1.29 is 9.47 Å². The lowest BCUT2D eigenvalue weighted by Gasteiger charge is -2.32. The molecule has 5 heteroatoms. The predicted molar refractivity (Wildman–Crippen MR) is 83.6 cm³/mol. The highest BCUT2D eigenvalue weighted by Gasteiger charge is 2.41. The molecule has 0 aliphatic carbocycles. The summed E-state index contributed by atoms with van der Waals surface area (Å²) in [5.74, 6) is 0. The van der Waals surface area contributed by atoms with Crippen LogP contribution < -0.4 is 5.32 Å². The van der Waals surface area contributed by atoms with Crippen LogP contribution in [0.15, 0.2) is 24.3 Å². The van der Waals surface area contributed by atoms with Crippen molar-refractivity contribution in [2.45, 2.75) is 37.6 Å². The molecule has 4 nitrogen and oxygen atoms in total. The van der Waals surface area contributed by atoms with E-state index < -0.39 is 0 Å². The van der Waals surface area contributed by atoms with E-state index in [4.69, 9.17) is 9.47 Å². The molecule has 3 heterocycles. The first-order chi connectivity index (χ1) is 10.3. The largest absolute Gasteiger partial charge is 0.372 e. The van der Waals surface area contributed by atoms with Gasteiger partial charge in [0.2, 0.25) is 0 Å². The molecule has 1 aromatic heterocycles. The summed E-state index contributed by atoms with van der Waals surface area (Å²) < 4.78 is 13.3. The Balaban J connectivity index is 1.36. The highest BCUT2D eigenvalue weighted by atomic mass is 32.1. The van der Waals surface area contributed by atoms with Crippen molar-refractivity contribution in [3.05, 3.63) is 29.3 Å². The van der Waals surface area contributed by atoms with Crippen LogP contribution in [-0.4, -0.2) is 36.4 Å². The zero-order valence-electron chi connectivity index (χ0n) is 12.0. The van der Waals surface area contributed by atoms with E-state index in [0.29, 0.717) is 6.61 Å². The summed E-state index contributed by atoms with van der Waals surface area (Å²) in [7, 11) is 0. The van der Waals surface area contributed by atoms with E-state index >= 15 is 0 Å². The van der Waals surface area contributed by atoms with Gasteiger partial charge in [0.25, 0.3) is 0 Å². The van der Waals surface area contributed by atoms with Gasteiger partial charge in [0.1, 0.15) is 5.01 Å². The molecule has 2 aliphatic rings. The van der Waals surface area contributed by atoms with Crippen LogP contribution in [0.1, 0.15) is 24.3 Å². The molecule has 0 amide bonds. The van der Waals surface area contributed by atoms with Crippen molar-refractivity contribution >= 4 is 21.6 Å². The molecule has 2 aromatic rings. The van der Waals surface area contributed by atoms with Crippen molar-refractivity contribution in [3.8, 4) is 0 Å². The Morgan fingerprint density at radius 2 is 2.19 bits per heavy atom. The number of thiazole rings is 1. The maximum atomic E-state index is 6.06. The fourth-order valence-electron chi connectivity index (χ4n) is 3.31. The van der Waals surface area contributed by atoms with E-state index in [-0.39, 0.29) is 11.7 Å². The minimum Gasteiger partial charge on any atom is -0.372 e. The summed E-state index contributed by atoms with van der Waals surface area (Å²) in [6, 6.07) is 8.24. The van der Waals surface area contributed by atoms with Crippen molar-refractivity contribution in [1.82, 2.24) is 10.3 Å². The standard InChI is InChI=1S/C16H20N2O2S/c1-2-4-14-13(3-1)18-15(21-14)11-19-12-9-16(20-10-12)5-7-17-8-6-16/h1-4,12,17H,5-11H2. The van der Waals surface area contributed by atoms with Crippen molar-refractivity contribution in [1.29, 1.82) is 0 Å². The van der Waals surface area contributed by atoms with Crippen molar-refractivity contribution in [2.75, 3.05) is 19.7 Å². The molecule has 1 unspecified atom stereocenters. The van der Waals surface area contributed by atoms with Gasteiger partial charge in [0, 0.05) is 6.42 Å². The Morgan fingerprint density at radius 1 is 1.33 bits per heavy atom. The first-order valence-corrected chi connectivity index (χ1v) is 8.45. The van der Waals surface area contributed by atoms with Gasteiger partial charge in [-0.05, 0) is 38.1 Å². The first-order valence-electron chi connectivity index (χ1n) is 7.64. The SMILES string of the molecule is c1ccc2sc(COC3COC4(CCNCC4)C3)nc2c1. The van der Waals surface area contributed by atoms with Gasteiger partial charge in [-0.3, -0.25) is 0 Å². The van der Waals surface area contributed by atoms with Gasteiger partial charge < -0.3 is 14.8 Å². The van der Waals surface area contributed by atoms with Gasteiger partial charge in [-0.15, -0.1) is 11.3 Å². The van der Waals surface area contributed by atoms with Gasteiger partial charge >= 0.3 is 0 Å². The summed E-state index contributed by atoms with van der Waals surface area (Å²) >= 11 is 1.72. The van der Waals surface area contributed by atoms with Gasteiger partial charge in [0.15, 0.2) is 0 Å². The second-order valence-electron chi connectivity index (χ2n) is 5.96. The maximum absolute atomic E-state index is 6.06. The Morgan fingerprint density at radius 3 is 3.05 bits per heavy atom. The molecule has 21 heavy (non-hydrogen) atoms. The first kappa shape index (κ1) is 13.6. The number of aromatic nitrogens is 1. The van der Waals surface area contributed by atoms with E-state index in [1.165, 1.54) is 4.70 Å². The van der Waals surface area contributed by atoms with Crippen LogP contribution in [0.3, 0.4) is 0 Å². The van der Waals surface area contributed by atoms with E-state index in [2.05, 4.69) is 28.5 Å². The number of rotatable bonds is 3. The Labute approximate surface area is 128 Å². The molecule has 1 spiro atoms. The van der Waals surface area contributed by atoms with Crippen LogP contribution in [0.4, 0.5) is 0 Å². The molecule has 0 radical (unpaired) electrons. The number of nitrogens with one attached hydrogen (secondary N) is 1. The monoisotopic (exact) mass is 304 g/mol. The molecule has 1 atom stereocenters. The van der Waals surface area contributed by atoms with Crippen LogP contribution in [0, 0.1) is 0 Å². The number of ether oxygens (including phenoxy) is 2. The third-order valence-corrected chi connectivity index (χ3v) is 5.48. The Bertz CT molecular complexity index is 589. The quantitative estimate of drug-likeness (QED) is 0.947. The molecule has 2 aliphatic heterocycles. The Hall–Kier alpha value is -1.01. The fraction of sp³-hybridized carbons (Fsp3) is 0.562. The minimum atomic E-state index is 0.0729.